The van der Waals surface area contributed by atoms with Crippen molar-refractivity contribution >= 4 is 29.4 Å². The van der Waals surface area contributed by atoms with E-state index >= 15 is 4.39 Å². The van der Waals surface area contributed by atoms with Crippen LogP contribution in [0.1, 0.15) is 17.3 Å². The van der Waals surface area contributed by atoms with Gasteiger partial charge in [-0.15, -0.1) is 0 Å². The van der Waals surface area contributed by atoms with Gasteiger partial charge in [0, 0.05) is 17.5 Å². The van der Waals surface area contributed by atoms with Crippen LogP contribution in [-0.4, -0.2) is 87.2 Å². The Morgan fingerprint density at radius 2 is 1.77 bits per heavy atom. The summed E-state index contributed by atoms with van der Waals surface area (Å²) in [7, 11) is 0. The minimum atomic E-state index is -4.05. The van der Waals surface area contributed by atoms with Crippen molar-refractivity contribution in [3.63, 3.8) is 0 Å². The number of aliphatic hydroxyl groups is 3. The summed E-state index contributed by atoms with van der Waals surface area (Å²) >= 11 is 5.74. The molecule has 1 saturated heterocycles. The van der Waals surface area contributed by atoms with Gasteiger partial charge in [-0.3, -0.25) is 9.59 Å². The average Bonchev–Trinajstić information content (AvgIpc) is 2.72. The van der Waals surface area contributed by atoms with Gasteiger partial charge < -0.3 is 35.8 Å². The third-order valence-electron chi connectivity index (χ3n) is 4.70. The van der Waals surface area contributed by atoms with E-state index in [2.05, 4.69) is 15.4 Å². The Kier molecular flexibility index (Phi) is 7.89. The van der Waals surface area contributed by atoms with Crippen molar-refractivity contribution in [2.24, 2.45) is 0 Å². The smallest absolute Gasteiger partial charge is 0.372 e. The normalized spacial score (nSPS) is 30.2. The summed E-state index contributed by atoms with van der Waals surface area (Å²) in [5, 5.41) is 42.7. The summed E-state index contributed by atoms with van der Waals surface area (Å²) in [4.78, 5) is 35.6. The predicted molar refractivity (Wildman–Crippen MR) is 101 cm³/mol. The molecule has 13 heteroatoms. The van der Waals surface area contributed by atoms with E-state index in [4.69, 9.17) is 16.7 Å². The maximum atomic E-state index is 15.0. The summed E-state index contributed by atoms with van der Waals surface area (Å²) in [6.45, 7) is -0.0489. The number of carbonyl (C=O) groups is 3. The third kappa shape index (κ3) is 5.28. The van der Waals surface area contributed by atoms with E-state index in [1.165, 1.54) is 24.3 Å². The molecule has 0 bridgehead atoms. The van der Waals surface area contributed by atoms with Gasteiger partial charge in [0.15, 0.2) is 6.17 Å². The first-order valence-corrected chi connectivity index (χ1v) is 9.34. The van der Waals surface area contributed by atoms with Crippen molar-refractivity contribution in [2.75, 3.05) is 6.61 Å². The summed E-state index contributed by atoms with van der Waals surface area (Å²) in [6, 6.07) is 1.45. The van der Waals surface area contributed by atoms with Crippen molar-refractivity contribution in [3.05, 3.63) is 34.9 Å². The molecule has 0 aromatic heterocycles. The van der Waals surface area contributed by atoms with Crippen molar-refractivity contribution in [1.29, 1.82) is 0 Å². The first kappa shape index (κ1) is 24.9. The van der Waals surface area contributed by atoms with Crippen LogP contribution in [0.15, 0.2) is 24.3 Å². The zero-order chi connectivity index (χ0) is 23.5. The molecule has 1 aliphatic rings. The molecule has 0 saturated carbocycles. The average molecular weight is 467 g/mol. The molecule has 2 unspecified atom stereocenters. The number of alkyl halides is 2. The molecule has 6 N–H and O–H groups in total. The van der Waals surface area contributed by atoms with Gasteiger partial charge in [0.1, 0.15) is 18.3 Å². The molecular formula is C18H21ClF2N2O8. The Bertz CT molecular complexity index is 829. The molecule has 1 aromatic carbocycles. The van der Waals surface area contributed by atoms with E-state index in [-0.39, 0.29) is 10.6 Å². The number of nitrogens with one attached hydrogen (secondary N) is 2. The molecule has 0 aliphatic carbocycles. The molecule has 2 rings (SSSR count). The fourth-order valence-electron chi connectivity index (χ4n) is 3.14. The molecule has 1 aliphatic heterocycles. The van der Waals surface area contributed by atoms with E-state index in [9.17, 15) is 34.1 Å². The highest BCUT2D eigenvalue weighted by molar-refractivity contribution is 6.30. The number of amides is 2. The maximum absolute atomic E-state index is 15.0. The Labute approximate surface area is 179 Å². The number of halogens is 3. The van der Waals surface area contributed by atoms with Crippen LogP contribution in [0.3, 0.4) is 0 Å². The lowest BCUT2D eigenvalue weighted by atomic mass is 9.85. The van der Waals surface area contributed by atoms with Crippen LogP contribution in [0.25, 0.3) is 0 Å². The van der Waals surface area contributed by atoms with Crippen LogP contribution >= 0.6 is 11.6 Å². The Morgan fingerprint density at radius 1 is 1.19 bits per heavy atom. The van der Waals surface area contributed by atoms with Crippen LogP contribution in [0.4, 0.5) is 8.78 Å². The number of hydrogen-bond acceptors (Lipinski definition) is 7. The molecule has 172 valence electrons. The molecule has 1 aromatic rings. The summed E-state index contributed by atoms with van der Waals surface area (Å²) in [6.07, 6.45) is -9.20. The number of carbonyl (C=O) groups excluding carboxylic acids is 2. The van der Waals surface area contributed by atoms with Gasteiger partial charge in [0.25, 0.3) is 5.91 Å². The Hall–Kier alpha value is -2.38. The highest BCUT2D eigenvalue weighted by Crippen LogP contribution is 2.36. The van der Waals surface area contributed by atoms with Crippen molar-refractivity contribution in [1.82, 2.24) is 10.6 Å². The summed E-state index contributed by atoms with van der Waals surface area (Å²) in [5.74, 6) is -8.23. The number of hydrogen-bond donors (Lipinski definition) is 6. The van der Waals surface area contributed by atoms with Gasteiger partial charge in [-0.05, 0) is 24.3 Å². The van der Waals surface area contributed by atoms with Crippen molar-refractivity contribution in [3.8, 4) is 0 Å². The molecule has 31 heavy (non-hydrogen) atoms. The monoisotopic (exact) mass is 466 g/mol. The number of carboxylic acid groups (broad SMARTS) is 1. The number of benzene rings is 1. The highest BCUT2D eigenvalue weighted by atomic mass is 35.5. The second kappa shape index (κ2) is 9.83. The lowest BCUT2D eigenvalue weighted by Gasteiger charge is -2.47. The van der Waals surface area contributed by atoms with Crippen LogP contribution in [0.5, 0.6) is 0 Å². The number of aliphatic hydroxyl groups excluding tert-OH is 3. The van der Waals surface area contributed by atoms with Crippen LogP contribution in [-0.2, 0) is 14.3 Å². The lowest BCUT2D eigenvalue weighted by molar-refractivity contribution is -0.277. The van der Waals surface area contributed by atoms with Gasteiger partial charge in [-0.25, -0.2) is 9.18 Å². The van der Waals surface area contributed by atoms with Crippen LogP contribution < -0.4 is 10.6 Å². The highest BCUT2D eigenvalue weighted by Gasteiger charge is 2.63. The second-order valence-electron chi connectivity index (χ2n) is 6.91. The number of carboxylic acids is 1. The van der Waals surface area contributed by atoms with Crippen LogP contribution in [0, 0.1) is 0 Å². The van der Waals surface area contributed by atoms with E-state index in [1.807, 2.05) is 0 Å². The van der Waals surface area contributed by atoms with Gasteiger partial charge in [0.2, 0.25) is 5.91 Å². The van der Waals surface area contributed by atoms with Gasteiger partial charge in [-0.1, -0.05) is 11.6 Å². The van der Waals surface area contributed by atoms with Crippen molar-refractivity contribution < 1.29 is 48.3 Å². The molecule has 7 atom stereocenters. The van der Waals surface area contributed by atoms with E-state index in [0.29, 0.717) is 0 Å². The molecule has 2 amide bonds. The van der Waals surface area contributed by atoms with E-state index in [0.717, 1.165) is 6.92 Å². The predicted octanol–water partition coefficient (Wildman–Crippen LogP) is -0.855. The SMILES string of the molecule is CC(=O)N[C@H]1[C@H]([C@H](O)[C@H](O)CO)OC(F)(C(=O)O)C(F)[C@@H]1NC(=O)c1ccc(Cl)cc1. The van der Waals surface area contributed by atoms with Gasteiger partial charge in [0.05, 0.1) is 18.7 Å². The third-order valence-corrected chi connectivity index (χ3v) is 4.95. The first-order valence-electron chi connectivity index (χ1n) is 8.97. The summed E-state index contributed by atoms with van der Waals surface area (Å²) in [5.41, 5.74) is -0.0445. The Morgan fingerprint density at radius 3 is 2.26 bits per heavy atom. The number of ether oxygens (including phenoxy) is 1. The van der Waals surface area contributed by atoms with E-state index in [1.54, 1.807) is 0 Å². The summed E-state index contributed by atoms with van der Waals surface area (Å²) < 4.78 is 34.7. The molecule has 1 fully saturated rings. The standard InChI is InChI=1S/C18H21ClF2N2O8/c1-7(25)22-11-12(23-16(28)8-2-4-9(19)5-3-8)15(20)18(21,17(29)30)31-14(11)13(27)10(26)6-24/h2-5,10-15,24,26-27H,6H2,1H3,(H,22,25)(H,23,28)(H,29,30)/t10-,11-,12-,13-,14-,15?,18?/m1/s1. The second-order valence-corrected chi connectivity index (χ2v) is 7.34. The molecule has 10 nitrogen and oxygen atoms in total. The molecular weight excluding hydrogens is 446 g/mol. The largest absolute Gasteiger partial charge is 0.477 e. The Balaban J connectivity index is 2.49. The topological polar surface area (TPSA) is 165 Å². The zero-order valence-electron chi connectivity index (χ0n) is 16.0. The molecule has 1 heterocycles. The van der Waals surface area contributed by atoms with Crippen molar-refractivity contribution in [2.45, 2.75) is 49.3 Å². The van der Waals surface area contributed by atoms with Gasteiger partial charge in [-0.2, -0.15) is 4.39 Å². The minimum Gasteiger partial charge on any atom is -0.477 e. The first-order chi connectivity index (χ1) is 14.4. The maximum Gasteiger partial charge on any atom is 0.372 e. The van der Waals surface area contributed by atoms with Gasteiger partial charge >= 0.3 is 11.8 Å². The fraction of sp³-hybridized carbons (Fsp3) is 0.500. The lowest BCUT2D eigenvalue weighted by Crippen LogP contribution is -2.74. The minimum absolute atomic E-state index is 0.0445. The van der Waals surface area contributed by atoms with E-state index < -0.39 is 66.8 Å². The zero-order valence-corrected chi connectivity index (χ0v) is 16.8. The molecule has 0 spiro atoms. The quantitative estimate of drug-likeness (QED) is 0.302. The number of aliphatic carboxylic acids is 1. The van der Waals surface area contributed by atoms with Crippen LogP contribution in [0.2, 0.25) is 5.02 Å². The number of rotatable bonds is 7. The fourth-order valence-corrected chi connectivity index (χ4v) is 3.26. The molecule has 0 radical (unpaired) electrons.